The molecule has 0 spiro atoms. The molecule has 2 aromatic heterocycles. The van der Waals surface area contributed by atoms with Gasteiger partial charge in [-0.05, 0) is 55.2 Å². The molecule has 0 saturated heterocycles. The van der Waals surface area contributed by atoms with Gasteiger partial charge in [0.25, 0.3) is 5.56 Å². The summed E-state index contributed by atoms with van der Waals surface area (Å²) in [5, 5.41) is 2.54. The molecule has 2 heterocycles. The molecule has 5 nitrogen and oxygen atoms in total. The lowest BCUT2D eigenvalue weighted by molar-refractivity contribution is 0.0963. The van der Waals surface area contributed by atoms with E-state index >= 15 is 0 Å². The fourth-order valence-electron chi connectivity index (χ4n) is 4.17. The van der Waals surface area contributed by atoms with Crippen molar-refractivity contribution in [1.82, 2.24) is 9.97 Å². The number of aromatic nitrogens is 2. The van der Waals surface area contributed by atoms with Crippen LogP contribution in [-0.4, -0.2) is 22.4 Å². The van der Waals surface area contributed by atoms with Crippen LogP contribution in [0.3, 0.4) is 0 Å². The predicted molar refractivity (Wildman–Crippen MR) is 127 cm³/mol. The maximum atomic E-state index is 12.9. The van der Waals surface area contributed by atoms with Gasteiger partial charge in [-0.1, -0.05) is 30.3 Å². The highest BCUT2D eigenvalue weighted by Gasteiger charge is 2.28. The van der Waals surface area contributed by atoms with E-state index in [9.17, 15) is 9.59 Å². The normalized spacial score (nSPS) is 15.4. The molecule has 0 saturated carbocycles. The van der Waals surface area contributed by atoms with Crippen LogP contribution in [0.2, 0.25) is 0 Å². The van der Waals surface area contributed by atoms with Gasteiger partial charge in [0.1, 0.15) is 10.8 Å². The number of nitrogens with one attached hydrogen (secondary N) is 1. The quantitative estimate of drug-likeness (QED) is 0.444. The Morgan fingerprint density at radius 2 is 1.81 bits per heavy atom. The number of Topliss-reactive ketones (excluding diaryl/α,β-unsaturated/α-hetero) is 1. The summed E-state index contributed by atoms with van der Waals surface area (Å²) in [6, 6.07) is 19.4. The van der Waals surface area contributed by atoms with Gasteiger partial charge in [-0.3, -0.25) is 9.59 Å². The largest absolute Gasteiger partial charge is 0.494 e. The van der Waals surface area contributed by atoms with Crippen molar-refractivity contribution in [3.63, 3.8) is 0 Å². The molecule has 1 unspecified atom stereocenters. The van der Waals surface area contributed by atoms with Crippen molar-refractivity contribution < 1.29 is 9.53 Å². The molecule has 32 heavy (non-hydrogen) atoms. The third-order valence-electron chi connectivity index (χ3n) is 5.77. The number of benzene rings is 2. The molecule has 5 rings (SSSR count). The van der Waals surface area contributed by atoms with Crippen LogP contribution in [0.5, 0.6) is 5.75 Å². The van der Waals surface area contributed by atoms with E-state index in [-0.39, 0.29) is 17.3 Å². The van der Waals surface area contributed by atoms with Gasteiger partial charge < -0.3 is 9.72 Å². The van der Waals surface area contributed by atoms with Crippen molar-refractivity contribution in [1.29, 1.82) is 0 Å². The Labute approximate surface area is 189 Å². The molecule has 0 fully saturated rings. The Balaban J connectivity index is 1.45. The highest BCUT2D eigenvalue weighted by Crippen LogP contribution is 2.34. The van der Waals surface area contributed by atoms with Gasteiger partial charge in [0.15, 0.2) is 5.78 Å². The van der Waals surface area contributed by atoms with Gasteiger partial charge >= 0.3 is 0 Å². The minimum atomic E-state index is -0.210. The van der Waals surface area contributed by atoms with Gasteiger partial charge in [0, 0.05) is 28.6 Å². The lowest BCUT2D eigenvalue weighted by Gasteiger charge is -2.24. The molecular formula is C26H22N2O3S. The minimum absolute atomic E-state index is 0.0564. The maximum Gasteiger partial charge on any atom is 0.258 e. The monoisotopic (exact) mass is 442 g/mol. The second kappa shape index (κ2) is 8.55. The zero-order chi connectivity index (χ0) is 22.1. The number of rotatable bonds is 5. The number of fused-ring (bicyclic) bond motifs is 1. The zero-order valence-corrected chi connectivity index (χ0v) is 18.4. The van der Waals surface area contributed by atoms with Gasteiger partial charge in [-0.2, -0.15) is 0 Å². The first-order valence-corrected chi connectivity index (χ1v) is 11.5. The van der Waals surface area contributed by atoms with E-state index in [1.165, 1.54) is 11.3 Å². The van der Waals surface area contributed by atoms with Gasteiger partial charge in [-0.15, -0.1) is 11.3 Å². The average molecular weight is 443 g/mol. The molecular weight excluding hydrogens is 420 g/mol. The summed E-state index contributed by atoms with van der Waals surface area (Å²) in [4.78, 5) is 33.5. The number of ketones is 1. The van der Waals surface area contributed by atoms with E-state index in [2.05, 4.69) is 9.97 Å². The summed E-state index contributed by atoms with van der Waals surface area (Å²) in [5.41, 5.74) is 4.41. The second-order valence-corrected chi connectivity index (χ2v) is 8.70. The molecule has 1 aliphatic carbocycles. The number of pyridine rings is 1. The van der Waals surface area contributed by atoms with Crippen LogP contribution in [-0.2, 0) is 6.42 Å². The Morgan fingerprint density at radius 1 is 1.03 bits per heavy atom. The number of ether oxygens (including phenoxy) is 1. The fourth-order valence-corrected chi connectivity index (χ4v) is 5.01. The lowest BCUT2D eigenvalue weighted by Crippen LogP contribution is -2.24. The predicted octanol–water partition coefficient (Wildman–Crippen LogP) is 5.48. The average Bonchev–Trinajstić information content (AvgIpc) is 3.30. The summed E-state index contributed by atoms with van der Waals surface area (Å²) >= 11 is 1.40. The van der Waals surface area contributed by atoms with Crippen LogP contribution in [0, 0.1) is 0 Å². The molecule has 2 aromatic carbocycles. The summed E-state index contributed by atoms with van der Waals surface area (Å²) in [7, 11) is 0. The number of aromatic amines is 1. The molecule has 4 aromatic rings. The number of nitrogens with zero attached hydrogens (tertiary/aromatic N) is 1. The Kier molecular flexibility index (Phi) is 5.45. The van der Waals surface area contributed by atoms with E-state index in [0.717, 1.165) is 22.6 Å². The molecule has 0 radical (unpaired) electrons. The van der Waals surface area contributed by atoms with Crippen molar-refractivity contribution in [3.8, 4) is 27.6 Å². The summed E-state index contributed by atoms with van der Waals surface area (Å²) in [6.07, 6.45) is 1.09. The summed E-state index contributed by atoms with van der Waals surface area (Å²) in [6.45, 7) is 2.56. The van der Waals surface area contributed by atoms with Crippen molar-refractivity contribution in [2.75, 3.05) is 6.61 Å². The topological polar surface area (TPSA) is 72.1 Å². The summed E-state index contributed by atoms with van der Waals surface area (Å²) in [5.74, 6) is 0.954. The van der Waals surface area contributed by atoms with Crippen LogP contribution in [0.25, 0.3) is 21.8 Å². The molecule has 0 amide bonds. The standard InChI is InChI=1S/C26H22N2O3S/c1-2-31-19-10-8-17(9-11-19)23-15-32-26(28-23)21-14-20-22(27-25(21)30)12-18(13-24(20)29)16-6-4-3-5-7-16/h3-11,14-15,18H,2,12-13H2,1H3,(H,27,30). The van der Waals surface area contributed by atoms with E-state index in [1.54, 1.807) is 6.07 Å². The number of hydrogen-bond donors (Lipinski definition) is 1. The first-order chi connectivity index (χ1) is 15.6. The minimum Gasteiger partial charge on any atom is -0.494 e. The molecule has 1 aliphatic rings. The lowest BCUT2D eigenvalue weighted by atomic mass is 9.81. The molecule has 0 bridgehead atoms. The van der Waals surface area contributed by atoms with Crippen LogP contribution in [0.4, 0.5) is 0 Å². The maximum absolute atomic E-state index is 12.9. The number of hydrogen-bond acceptors (Lipinski definition) is 5. The van der Waals surface area contributed by atoms with Crippen molar-refractivity contribution in [2.24, 2.45) is 0 Å². The van der Waals surface area contributed by atoms with E-state index < -0.39 is 0 Å². The molecule has 1 N–H and O–H groups in total. The number of thiazole rings is 1. The van der Waals surface area contributed by atoms with Crippen molar-refractivity contribution >= 4 is 17.1 Å². The van der Waals surface area contributed by atoms with Crippen LogP contribution in [0.15, 0.2) is 70.8 Å². The van der Waals surface area contributed by atoms with Crippen LogP contribution < -0.4 is 10.3 Å². The second-order valence-electron chi connectivity index (χ2n) is 7.84. The van der Waals surface area contributed by atoms with E-state index in [4.69, 9.17) is 4.74 Å². The molecule has 0 aliphatic heterocycles. The molecule has 1 atom stereocenters. The summed E-state index contributed by atoms with van der Waals surface area (Å²) < 4.78 is 5.49. The Bertz CT molecular complexity index is 1320. The first kappa shape index (κ1) is 20.4. The smallest absolute Gasteiger partial charge is 0.258 e. The number of H-pyrrole nitrogens is 1. The van der Waals surface area contributed by atoms with Crippen LogP contribution >= 0.6 is 11.3 Å². The highest BCUT2D eigenvalue weighted by atomic mass is 32.1. The van der Waals surface area contributed by atoms with E-state index in [1.807, 2.05) is 66.9 Å². The first-order valence-electron chi connectivity index (χ1n) is 10.7. The van der Waals surface area contributed by atoms with Crippen LogP contribution in [0.1, 0.15) is 40.9 Å². The Hall–Kier alpha value is -3.51. The zero-order valence-electron chi connectivity index (χ0n) is 17.6. The van der Waals surface area contributed by atoms with E-state index in [0.29, 0.717) is 41.3 Å². The van der Waals surface area contributed by atoms with Gasteiger partial charge in [0.2, 0.25) is 0 Å². The number of carbonyl (C=O) groups excluding carboxylic acids is 1. The molecule has 160 valence electrons. The number of carbonyl (C=O) groups is 1. The molecule has 6 heteroatoms. The third kappa shape index (κ3) is 3.89. The highest BCUT2D eigenvalue weighted by molar-refractivity contribution is 7.13. The van der Waals surface area contributed by atoms with Crippen molar-refractivity contribution in [2.45, 2.75) is 25.7 Å². The van der Waals surface area contributed by atoms with Gasteiger partial charge in [-0.25, -0.2) is 4.98 Å². The SMILES string of the molecule is CCOc1ccc(-c2csc(-c3cc4c([nH]c3=O)CC(c3ccccc3)CC4=O)n2)cc1. The fraction of sp³-hybridized carbons (Fsp3) is 0.192. The van der Waals surface area contributed by atoms with Gasteiger partial charge in [0.05, 0.1) is 17.9 Å². The third-order valence-corrected chi connectivity index (χ3v) is 6.65. The Morgan fingerprint density at radius 3 is 2.56 bits per heavy atom. The van der Waals surface area contributed by atoms with Crippen molar-refractivity contribution in [3.05, 3.63) is 93.2 Å².